The minimum atomic E-state index is -4.46. The third kappa shape index (κ3) is 7.07. The standard InChI is InChI=1S/C34H38F4N8O/c1-20-24(8-9-27(35)42-20)30(26-18-46(45(7)44-26)33(12-13-33)34(36,37)38)43-23-14-21(10-11-32(5,6)47)28-25(15-23)29(22(16-39)17-40-28)41-19-31(2,3)4/h8-9,14-15,17-18,30,43-44,47H,12-13,19H2,1-7H3,(H,40,41)/t30-/m0/s1. The Morgan fingerprint density at radius 1 is 1.13 bits per heavy atom. The van der Waals surface area contributed by atoms with Crippen molar-refractivity contribution in [1.82, 2.24) is 25.5 Å². The number of pyridine rings is 2. The molecular formula is C34H38F4N8O. The van der Waals surface area contributed by atoms with E-state index in [9.17, 15) is 27.9 Å². The van der Waals surface area contributed by atoms with E-state index >= 15 is 0 Å². The number of hydrogen-bond acceptors (Lipinski definition) is 9. The second-order valence-electron chi connectivity index (χ2n) is 13.8. The largest absolute Gasteiger partial charge is 0.413 e. The summed E-state index contributed by atoms with van der Waals surface area (Å²) in [5.74, 6) is 5.15. The molecule has 0 radical (unpaired) electrons. The number of hydrogen-bond donors (Lipinski definition) is 4. The van der Waals surface area contributed by atoms with Crippen molar-refractivity contribution in [1.29, 1.82) is 5.26 Å². The lowest BCUT2D eigenvalue weighted by Gasteiger charge is -2.34. The van der Waals surface area contributed by atoms with Crippen molar-refractivity contribution in [2.24, 2.45) is 5.41 Å². The first-order valence-electron chi connectivity index (χ1n) is 15.2. The average Bonchev–Trinajstić information content (AvgIpc) is 3.69. The summed E-state index contributed by atoms with van der Waals surface area (Å²) in [4.78, 5) is 8.52. The highest BCUT2D eigenvalue weighted by atomic mass is 19.4. The first-order chi connectivity index (χ1) is 21.8. The molecule has 0 unspecified atom stereocenters. The second-order valence-corrected chi connectivity index (χ2v) is 13.8. The van der Waals surface area contributed by atoms with Gasteiger partial charge in [-0.1, -0.05) is 38.7 Å². The number of aryl methyl sites for hydroxylation is 1. The Bertz CT molecular complexity index is 1840. The molecule has 2 aromatic heterocycles. The molecule has 2 aliphatic rings. The highest BCUT2D eigenvalue weighted by Gasteiger charge is 2.68. The molecule has 0 spiro atoms. The summed E-state index contributed by atoms with van der Waals surface area (Å²) >= 11 is 0. The minimum absolute atomic E-state index is 0.0476. The molecule has 1 saturated carbocycles. The quantitative estimate of drug-likeness (QED) is 0.133. The van der Waals surface area contributed by atoms with Crippen molar-refractivity contribution in [2.75, 3.05) is 24.2 Å². The van der Waals surface area contributed by atoms with Crippen LogP contribution in [0.1, 0.15) is 75.9 Å². The minimum Gasteiger partial charge on any atom is -0.383 e. The second kappa shape index (κ2) is 11.9. The van der Waals surface area contributed by atoms with Crippen LogP contribution < -0.4 is 16.1 Å². The van der Waals surface area contributed by atoms with Gasteiger partial charge in [-0.25, -0.2) is 4.98 Å². The van der Waals surface area contributed by atoms with E-state index in [0.717, 1.165) is 5.01 Å². The zero-order chi connectivity index (χ0) is 34.5. The maximum absolute atomic E-state index is 14.2. The molecule has 5 rings (SSSR count). The maximum Gasteiger partial charge on any atom is 0.413 e. The Balaban J connectivity index is 1.69. The van der Waals surface area contributed by atoms with Crippen LogP contribution in [0.15, 0.2) is 42.4 Å². The van der Waals surface area contributed by atoms with Gasteiger partial charge in [0.15, 0.2) is 5.54 Å². The van der Waals surface area contributed by atoms with Crippen LogP contribution in [0.2, 0.25) is 0 Å². The Kier molecular flexibility index (Phi) is 8.54. The van der Waals surface area contributed by atoms with Crippen molar-refractivity contribution < 1.29 is 22.7 Å². The number of fused-ring (bicyclic) bond motifs is 1. The van der Waals surface area contributed by atoms with Gasteiger partial charge in [0.05, 0.1) is 34.1 Å². The van der Waals surface area contributed by atoms with Crippen LogP contribution in [-0.4, -0.2) is 56.1 Å². The fourth-order valence-corrected chi connectivity index (χ4v) is 5.47. The van der Waals surface area contributed by atoms with Crippen LogP contribution in [-0.2, 0) is 0 Å². The van der Waals surface area contributed by atoms with Gasteiger partial charge in [-0.3, -0.25) is 9.99 Å². The molecule has 1 aromatic carbocycles. The number of anilines is 2. The summed E-state index contributed by atoms with van der Waals surface area (Å²) in [6.07, 6.45) is -1.66. The number of aliphatic hydroxyl groups is 1. The van der Waals surface area contributed by atoms with Gasteiger partial charge in [-0.2, -0.15) is 22.8 Å². The molecular weight excluding hydrogens is 612 g/mol. The first-order valence-corrected chi connectivity index (χ1v) is 15.2. The zero-order valence-corrected chi connectivity index (χ0v) is 27.4. The summed E-state index contributed by atoms with van der Waals surface area (Å²) < 4.78 is 56.6. The van der Waals surface area contributed by atoms with Crippen LogP contribution in [0.25, 0.3) is 10.9 Å². The summed E-state index contributed by atoms with van der Waals surface area (Å²) in [6, 6.07) is 7.64. The summed E-state index contributed by atoms with van der Waals surface area (Å²) in [5.41, 5.74) is 3.11. The number of nitrogens with one attached hydrogen (secondary N) is 3. The fourth-order valence-electron chi connectivity index (χ4n) is 5.47. The smallest absolute Gasteiger partial charge is 0.383 e. The van der Waals surface area contributed by atoms with E-state index in [4.69, 9.17) is 0 Å². The van der Waals surface area contributed by atoms with Gasteiger partial charge in [-0.15, -0.1) is 5.12 Å². The van der Waals surface area contributed by atoms with Crippen LogP contribution in [0.4, 0.5) is 28.9 Å². The molecule has 1 aliphatic heterocycles. The van der Waals surface area contributed by atoms with Gasteiger partial charge in [0, 0.05) is 48.3 Å². The number of alkyl halides is 3. The van der Waals surface area contributed by atoms with Gasteiger partial charge >= 0.3 is 6.18 Å². The molecule has 248 valence electrons. The lowest BCUT2D eigenvalue weighted by molar-refractivity contribution is -0.220. The van der Waals surface area contributed by atoms with E-state index < -0.39 is 29.3 Å². The zero-order valence-electron chi connectivity index (χ0n) is 27.4. The summed E-state index contributed by atoms with van der Waals surface area (Å²) in [5, 5.41) is 30.2. The molecule has 1 fully saturated rings. The highest BCUT2D eigenvalue weighted by molar-refractivity contribution is 5.99. The first kappa shape index (κ1) is 33.8. The van der Waals surface area contributed by atoms with Gasteiger partial charge in [-0.05, 0) is 57.2 Å². The third-order valence-electron chi connectivity index (χ3n) is 7.98. The molecule has 3 aromatic rings. The number of nitriles is 1. The normalized spacial score (nSPS) is 16.9. The molecule has 9 nitrogen and oxygen atoms in total. The average molecular weight is 651 g/mol. The van der Waals surface area contributed by atoms with Crippen LogP contribution >= 0.6 is 0 Å². The molecule has 0 amide bonds. The SMILES string of the molecule is Cc1nc(F)ccc1[C@H](Nc1cc(C#CC(C)(C)O)c2ncc(C#N)c(NCC(C)(C)C)c2c1)C1=CN(C2(C(F)(F)F)CC2)N(C)N1. The van der Waals surface area contributed by atoms with Gasteiger partial charge in [0.1, 0.15) is 11.7 Å². The number of nitrogens with zero attached hydrogens (tertiary/aromatic N) is 5. The predicted molar refractivity (Wildman–Crippen MR) is 172 cm³/mol. The van der Waals surface area contributed by atoms with Crippen molar-refractivity contribution in [3.8, 4) is 17.9 Å². The molecule has 13 heteroatoms. The number of rotatable bonds is 7. The van der Waals surface area contributed by atoms with E-state index in [1.165, 1.54) is 30.6 Å². The van der Waals surface area contributed by atoms with Crippen molar-refractivity contribution in [2.45, 2.75) is 77.7 Å². The Labute approximate surface area is 271 Å². The maximum atomic E-state index is 14.2. The number of benzene rings is 1. The fraction of sp³-hybridized carbons (Fsp3) is 0.441. The monoisotopic (exact) mass is 650 g/mol. The van der Waals surface area contributed by atoms with Crippen LogP contribution in [0.3, 0.4) is 0 Å². The van der Waals surface area contributed by atoms with Crippen LogP contribution in [0, 0.1) is 41.5 Å². The third-order valence-corrected chi connectivity index (χ3v) is 7.98. The van der Waals surface area contributed by atoms with E-state index in [1.807, 2.05) is 0 Å². The molecule has 1 atom stereocenters. The predicted octanol–water partition coefficient (Wildman–Crippen LogP) is 6.29. The van der Waals surface area contributed by atoms with Gasteiger partial charge in [0.2, 0.25) is 5.95 Å². The molecule has 0 saturated heterocycles. The molecule has 4 N–H and O–H groups in total. The summed E-state index contributed by atoms with van der Waals surface area (Å²) in [6.45, 7) is 11.4. The van der Waals surface area contributed by atoms with Crippen molar-refractivity contribution >= 4 is 22.3 Å². The highest BCUT2D eigenvalue weighted by Crippen LogP contribution is 2.55. The van der Waals surface area contributed by atoms with Crippen molar-refractivity contribution in [3.05, 3.63) is 70.7 Å². The Morgan fingerprint density at radius 3 is 2.40 bits per heavy atom. The Morgan fingerprint density at radius 2 is 1.83 bits per heavy atom. The molecule has 3 heterocycles. The lowest BCUT2D eigenvalue weighted by Crippen LogP contribution is -2.53. The van der Waals surface area contributed by atoms with Gasteiger partial charge < -0.3 is 21.2 Å². The van der Waals surface area contributed by atoms with E-state index in [0.29, 0.717) is 56.9 Å². The topological polar surface area (TPSA) is 112 Å². The van der Waals surface area contributed by atoms with Crippen LogP contribution in [0.5, 0.6) is 0 Å². The van der Waals surface area contributed by atoms with E-state index in [1.54, 1.807) is 39.0 Å². The molecule has 1 aliphatic carbocycles. The molecule has 0 bridgehead atoms. The lowest BCUT2D eigenvalue weighted by atomic mass is 9.96. The Hall–Kier alpha value is -4.59. The van der Waals surface area contributed by atoms with E-state index in [2.05, 4.69) is 64.7 Å². The number of hydrazine groups is 2. The number of aromatic nitrogens is 2. The number of halogens is 4. The van der Waals surface area contributed by atoms with Crippen molar-refractivity contribution in [3.63, 3.8) is 0 Å². The summed E-state index contributed by atoms with van der Waals surface area (Å²) in [7, 11) is 1.50. The molecule has 47 heavy (non-hydrogen) atoms. The van der Waals surface area contributed by atoms with E-state index in [-0.39, 0.29) is 18.3 Å². The van der Waals surface area contributed by atoms with Gasteiger partial charge in [0.25, 0.3) is 0 Å².